The van der Waals surface area contributed by atoms with Gasteiger partial charge in [0.15, 0.2) is 0 Å². The van der Waals surface area contributed by atoms with Crippen molar-refractivity contribution in [2.75, 3.05) is 0 Å². The van der Waals surface area contributed by atoms with Crippen LogP contribution in [0.3, 0.4) is 0 Å². The SMILES string of the molecule is CC1=C(/C=C/C(C)=C/C=C/C=C/C=C(C)/C=C2C=C(/C=C/[C@@]34O[C@@H](CC3(C)C)C[C@]4(C)O)C(=O)O/2)C(C)(C)C[C@H](O)[C@@H]1O. The predicted molar refractivity (Wildman–Crippen MR) is 171 cm³/mol. The number of carbonyl (C=O) groups excluding carboxylic acids is 1. The minimum absolute atomic E-state index is 0.0238. The van der Waals surface area contributed by atoms with Crippen molar-refractivity contribution in [2.45, 2.75) is 104 Å². The standard InChI is InChI=1S/C37H48O6/c1-24(15-16-30-26(3)32(39)31(38)23-34(30,4)5)13-11-9-10-12-14-25(2)19-28-20-27(33(40)42-28)17-18-37-35(6,7)21-29(43-37)22-36(37,8)41/h9-20,29,31-32,38-39,41H,21-23H2,1-8H3/b11-9+,12-10+,16-15+,18-17+,24-13+,25-14+,28-19-/t29-,31-,32+,36-,37+/m0/s1. The van der Waals surface area contributed by atoms with Gasteiger partial charge in [-0.1, -0.05) is 81.9 Å². The summed E-state index contributed by atoms with van der Waals surface area (Å²) in [5, 5.41) is 31.5. The summed E-state index contributed by atoms with van der Waals surface area (Å²) in [6.45, 7) is 16.0. The third kappa shape index (κ3) is 6.73. The molecule has 0 aromatic carbocycles. The summed E-state index contributed by atoms with van der Waals surface area (Å²) in [4.78, 5) is 12.5. The van der Waals surface area contributed by atoms with E-state index in [0.717, 1.165) is 28.7 Å². The van der Waals surface area contributed by atoms with Crippen LogP contribution in [0.15, 0.2) is 107 Å². The van der Waals surface area contributed by atoms with Crippen LogP contribution in [-0.2, 0) is 14.3 Å². The summed E-state index contributed by atoms with van der Waals surface area (Å²) < 4.78 is 11.7. The van der Waals surface area contributed by atoms with E-state index in [2.05, 4.69) is 27.7 Å². The van der Waals surface area contributed by atoms with E-state index in [-0.39, 0.29) is 16.9 Å². The fourth-order valence-electron chi connectivity index (χ4n) is 7.16. The third-order valence-electron chi connectivity index (χ3n) is 9.38. The van der Waals surface area contributed by atoms with Gasteiger partial charge in [-0.2, -0.15) is 0 Å². The van der Waals surface area contributed by atoms with Crippen LogP contribution >= 0.6 is 0 Å². The molecule has 43 heavy (non-hydrogen) atoms. The van der Waals surface area contributed by atoms with Crippen LogP contribution in [0, 0.1) is 10.8 Å². The van der Waals surface area contributed by atoms with Crippen LogP contribution in [-0.4, -0.2) is 50.8 Å². The van der Waals surface area contributed by atoms with Gasteiger partial charge < -0.3 is 24.8 Å². The topological polar surface area (TPSA) is 96.2 Å². The first kappa shape index (κ1) is 32.9. The van der Waals surface area contributed by atoms with Gasteiger partial charge in [0.05, 0.1) is 23.4 Å². The van der Waals surface area contributed by atoms with Crippen molar-refractivity contribution in [1.82, 2.24) is 0 Å². The zero-order valence-electron chi connectivity index (χ0n) is 26.8. The summed E-state index contributed by atoms with van der Waals surface area (Å²) in [5.41, 5.74) is 2.02. The highest BCUT2D eigenvalue weighted by Gasteiger charge is 2.67. The molecule has 5 atom stereocenters. The Morgan fingerprint density at radius 1 is 0.930 bits per heavy atom. The minimum Gasteiger partial charge on any atom is -0.423 e. The van der Waals surface area contributed by atoms with E-state index in [9.17, 15) is 20.1 Å². The van der Waals surface area contributed by atoms with Crippen molar-refractivity contribution in [3.05, 3.63) is 107 Å². The number of cyclic esters (lactones) is 1. The quantitative estimate of drug-likeness (QED) is 0.217. The lowest BCUT2D eigenvalue weighted by Crippen LogP contribution is -2.56. The molecule has 232 valence electrons. The van der Waals surface area contributed by atoms with Gasteiger partial charge in [-0.15, -0.1) is 0 Å². The largest absolute Gasteiger partial charge is 0.423 e. The van der Waals surface area contributed by atoms with Crippen molar-refractivity contribution in [2.24, 2.45) is 10.8 Å². The molecule has 0 spiro atoms. The van der Waals surface area contributed by atoms with Crippen LogP contribution in [0.2, 0.25) is 0 Å². The number of rotatable bonds is 8. The maximum atomic E-state index is 12.5. The fraction of sp³-hybridized carbons (Fsp3) is 0.486. The average molecular weight is 589 g/mol. The zero-order chi connectivity index (χ0) is 31.8. The van der Waals surface area contributed by atoms with Crippen LogP contribution in [0.5, 0.6) is 0 Å². The number of hydrogen-bond donors (Lipinski definition) is 3. The van der Waals surface area contributed by atoms with Crippen molar-refractivity contribution < 1.29 is 29.6 Å². The normalized spacial score (nSPS) is 35.5. The summed E-state index contributed by atoms with van der Waals surface area (Å²) in [6, 6.07) is 0. The molecule has 3 N–H and O–H groups in total. The number of fused-ring (bicyclic) bond motifs is 2. The third-order valence-corrected chi connectivity index (χ3v) is 9.38. The lowest BCUT2D eigenvalue weighted by molar-refractivity contribution is -0.133. The molecule has 4 aliphatic rings. The average Bonchev–Trinajstić information content (AvgIpc) is 3.46. The summed E-state index contributed by atoms with van der Waals surface area (Å²) >= 11 is 0. The van der Waals surface area contributed by atoms with Crippen molar-refractivity contribution in [3.63, 3.8) is 0 Å². The Morgan fingerprint density at radius 3 is 2.21 bits per heavy atom. The van der Waals surface area contributed by atoms with E-state index in [0.29, 0.717) is 24.2 Å². The second-order valence-electron chi connectivity index (χ2n) is 14.0. The lowest BCUT2D eigenvalue weighted by atomic mass is 9.61. The molecular formula is C37H48O6. The number of hydrogen-bond acceptors (Lipinski definition) is 6. The number of ether oxygens (including phenoxy) is 2. The number of esters is 1. The molecule has 2 fully saturated rings. The Kier molecular flexibility index (Phi) is 9.30. The molecule has 0 saturated carbocycles. The molecule has 3 heterocycles. The molecule has 0 aromatic heterocycles. The van der Waals surface area contributed by atoms with Gasteiger partial charge in [-0.25, -0.2) is 4.79 Å². The van der Waals surface area contributed by atoms with Gasteiger partial charge >= 0.3 is 5.97 Å². The molecule has 0 amide bonds. The Hall–Kier alpha value is -3.03. The maximum absolute atomic E-state index is 12.5. The van der Waals surface area contributed by atoms with Crippen molar-refractivity contribution in [3.8, 4) is 0 Å². The van der Waals surface area contributed by atoms with Crippen molar-refractivity contribution >= 4 is 5.97 Å². The maximum Gasteiger partial charge on any atom is 0.343 e. The van der Waals surface area contributed by atoms with Crippen molar-refractivity contribution in [1.29, 1.82) is 0 Å². The van der Waals surface area contributed by atoms with Gasteiger partial charge in [-0.05, 0) is 87.0 Å². The smallest absolute Gasteiger partial charge is 0.343 e. The summed E-state index contributed by atoms with van der Waals surface area (Å²) in [6.07, 6.45) is 23.4. The molecule has 4 rings (SSSR count). The Bertz CT molecular complexity index is 1380. The molecule has 0 aromatic rings. The van der Waals surface area contributed by atoms with E-state index in [1.54, 1.807) is 12.2 Å². The first-order chi connectivity index (χ1) is 20.0. The van der Waals surface area contributed by atoms with Crippen LogP contribution in [0.1, 0.15) is 74.7 Å². The number of aliphatic hydroxyl groups excluding tert-OH is 2. The number of aliphatic hydroxyl groups is 3. The zero-order valence-corrected chi connectivity index (χ0v) is 26.8. The Labute approximate surface area is 256 Å². The van der Waals surface area contributed by atoms with Crippen LogP contribution < -0.4 is 0 Å². The second kappa shape index (κ2) is 12.2. The molecule has 3 aliphatic heterocycles. The molecule has 6 heteroatoms. The highest BCUT2D eigenvalue weighted by Crippen LogP contribution is 2.60. The molecule has 2 saturated heterocycles. The van der Waals surface area contributed by atoms with E-state index >= 15 is 0 Å². The number of allylic oxidation sites excluding steroid dienone is 13. The van der Waals surface area contributed by atoms with Crippen LogP contribution in [0.4, 0.5) is 0 Å². The second-order valence-corrected chi connectivity index (χ2v) is 14.0. The number of carbonyl (C=O) groups is 1. The van der Waals surface area contributed by atoms with Gasteiger partial charge in [0.2, 0.25) is 0 Å². The van der Waals surface area contributed by atoms with E-state index in [1.165, 1.54) is 0 Å². The molecule has 0 unspecified atom stereocenters. The first-order valence-corrected chi connectivity index (χ1v) is 15.2. The van der Waals surface area contributed by atoms with Gasteiger partial charge in [0.25, 0.3) is 0 Å². The highest BCUT2D eigenvalue weighted by molar-refractivity contribution is 5.95. The molecule has 6 nitrogen and oxygen atoms in total. The molecule has 2 bridgehead atoms. The minimum atomic E-state index is -0.998. The molecule has 0 radical (unpaired) electrons. The van der Waals surface area contributed by atoms with E-state index < -0.39 is 29.4 Å². The van der Waals surface area contributed by atoms with Gasteiger partial charge in [0, 0.05) is 11.8 Å². The molecule has 1 aliphatic carbocycles. The summed E-state index contributed by atoms with van der Waals surface area (Å²) in [7, 11) is 0. The highest BCUT2D eigenvalue weighted by atomic mass is 16.5. The lowest BCUT2D eigenvalue weighted by Gasteiger charge is -2.46. The van der Waals surface area contributed by atoms with Gasteiger partial charge in [0.1, 0.15) is 17.5 Å². The monoisotopic (exact) mass is 588 g/mol. The molecular weight excluding hydrogens is 540 g/mol. The van der Waals surface area contributed by atoms with E-state index in [1.807, 2.05) is 88.5 Å². The van der Waals surface area contributed by atoms with Gasteiger partial charge in [-0.3, -0.25) is 0 Å². The van der Waals surface area contributed by atoms with E-state index in [4.69, 9.17) is 9.47 Å². The predicted octanol–water partition coefficient (Wildman–Crippen LogP) is 6.65. The Morgan fingerprint density at radius 2 is 1.58 bits per heavy atom. The summed E-state index contributed by atoms with van der Waals surface area (Å²) in [5.74, 6) is 0.0556. The first-order valence-electron chi connectivity index (χ1n) is 15.2. The fourth-order valence-corrected chi connectivity index (χ4v) is 7.16. The van der Waals surface area contributed by atoms with Crippen LogP contribution in [0.25, 0.3) is 0 Å². The Balaban J connectivity index is 1.36.